The molecule has 0 radical (unpaired) electrons. The first kappa shape index (κ1) is 18.3. The van der Waals surface area contributed by atoms with Crippen LogP contribution < -0.4 is 5.32 Å². The van der Waals surface area contributed by atoms with E-state index < -0.39 is 0 Å². The number of likely N-dealkylation sites (tertiary alicyclic amines) is 1. The number of carbonyl (C=O) groups excluding carboxylic acids is 1. The van der Waals surface area contributed by atoms with E-state index in [1.807, 2.05) is 0 Å². The summed E-state index contributed by atoms with van der Waals surface area (Å²) in [5.41, 5.74) is 0.136. The molecule has 1 fully saturated rings. The van der Waals surface area contributed by atoms with Crippen molar-refractivity contribution in [2.45, 2.75) is 59.5 Å². The average Bonchev–Trinajstić information content (AvgIpc) is 2.93. The summed E-state index contributed by atoms with van der Waals surface area (Å²) >= 11 is 6.00. The predicted octanol–water partition coefficient (Wildman–Crippen LogP) is 3.55. The summed E-state index contributed by atoms with van der Waals surface area (Å²) in [6, 6.07) is 1.54. The number of aromatic nitrogens is 2. The van der Waals surface area contributed by atoms with Crippen LogP contribution in [0.3, 0.4) is 0 Å². The standard InChI is InChI=1S/C17H29ClN4O/c1-16(2,3)11-8-12(22(10-11)17(4,5)6)15(23)19-14-9-13(18)21(7)20-14/h9,11-12H,8,10H2,1-7H3,(H,19,20,23)/t11?,12-/m0/s1. The maximum absolute atomic E-state index is 12.8. The Kier molecular flexibility index (Phi) is 4.84. The van der Waals surface area contributed by atoms with Crippen molar-refractivity contribution in [3.63, 3.8) is 0 Å². The van der Waals surface area contributed by atoms with Crippen LogP contribution in [-0.4, -0.2) is 38.7 Å². The average molecular weight is 341 g/mol. The molecule has 1 aliphatic heterocycles. The lowest BCUT2D eigenvalue weighted by atomic mass is 9.79. The van der Waals surface area contributed by atoms with Crippen molar-refractivity contribution in [1.29, 1.82) is 0 Å². The third-order valence-electron chi connectivity index (χ3n) is 4.76. The second-order valence-electron chi connectivity index (χ2n) is 8.60. The SMILES string of the molecule is Cn1nc(NC(=O)[C@@H]2CC(C(C)(C)C)CN2C(C)(C)C)cc1Cl. The topological polar surface area (TPSA) is 50.2 Å². The fourth-order valence-corrected chi connectivity index (χ4v) is 3.31. The minimum Gasteiger partial charge on any atom is -0.308 e. The van der Waals surface area contributed by atoms with Gasteiger partial charge in [0.15, 0.2) is 5.82 Å². The molecule has 1 aromatic rings. The Morgan fingerprint density at radius 1 is 1.30 bits per heavy atom. The Labute approximate surface area is 144 Å². The van der Waals surface area contributed by atoms with Gasteiger partial charge in [0.25, 0.3) is 0 Å². The maximum atomic E-state index is 12.8. The molecule has 0 bridgehead atoms. The molecular formula is C17H29ClN4O. The third kappa shape index (κ3) is 4.07. The van der Waals surface area contributed by atoms with E-state index in [-0.39, 0.29) is 22.9 Å². The van der Waals surface area contributed by atoms with Gasteiger partial charge >= 0.3 is 0 Å². The van der Waals surface area contributed by atoms with Crippen LogP contribution in [0.2, 0.25) is 5.15 Å². The minimum absolute atomic E-state index is 0.00133. The molecule has 0 aliphatic carbocycles. The zero-order chi connectivity index (χ0) is 17.6. The van der Waals surface area contributed by atoms with Crippen molar-refractivity contribution in [1.82, 2.24) is 14.7 Å². The van der Waals surface area contributed by atoms with E-state index in [0.717, 1.165) is 13.0 Å². The van der Waals surface area contributed by atoms with Crippen molar-refractivity contribution in [3.05, 3.63) is 11.2 Å². The van der Waals surface area contributed by atoms with Gasteiger partial charge in [-0.05, 0) is 38.5 Å². The van der Waals surface area contributed by atoms with E-state index in [1.54, 1.807) is 17.8 Å². The minimum atomic E-state index is -0.139. The van der Waals surface area contributed by atoms with Crippen molar-refractivity contribution >= 4 is 23.3 Å². The van der Waals surface area contributed by atoms with Crippen LogP contribution in [0, 0.1) is 11.3 Å². The molecule has 130 valence electrons. The second kappa shape index (κ2) is 6.10. The summed E-state index contributed by atoms with van der Waals surface area (Å²) in [6.07, 6.45) is 0.868. The number of anilines is 1. The fraction of sp³-hybridized carbons (Fsp3) is 0.765. The maximum Gasteiger partial charge on any atom is 0.242 e. The lowest BCUT2D eigenvalue weighted by Crippen LogP contribution is -2.49. The van der Waals surface area contributed by atoms with Gasteiger partial charge in [-0.1, -0.05) is 32.4 Å². The van der Waals surface area contributed by atoms with Gasteiger partial charge in [-0.25, -0.2) is 0 Å². The monoisotopic (exact) mass is 340 g/mol. The van der Waals surface area contributed by atoms with E-state index in [0.29, 0.717) is 16.9 Å². The van der Waals surface area contributed by atoms with Gasteiger partial charge in [0.05, 0.1) is 6.04 Å². The fourth-order valence-electron chi connectivity index (χ4n) is 3.17. The van der Waals surface area contributed by atoms with Crippen molar-refractivity contribution in [2.24, 2.45) is 18.4 Å². The molecule has 1 amide bonds. The first-order valence-electron chi connectivity index (χ1n) is 8.17. The van der Waals surface area contributed by atoms with Crippen LogP contribution >= 0.6 is 11.6 Å². The molecule has 1 saturated heterocycles. The second-order valence-corrected chi connectivity index (χ2v) is 8.99. The summed E-state index contributed by atoms with van der Waals surface area (Å²) < 4.78 is 1.55. The van der Waals surface area contributed by atoms with Crippen LogP contribution in [0.1, 0.15) is 48.0 Å². The Morgan fingerprint density at radius 2 is 1.91 bits per heavy atom. The molecule has 0 spiro atoms. The lowest BCUT2D eigenvalue weighted by molar-refractivity contribution is -0.122. The summed E-state index contributed by atoms with van der Waals surface area (Å²) in [5.74, 6) is 1.00. The third-order valence-corrected chi connectivity index (χ3v) is 5.12. The molecular weight excluding hydrogens is 312 g/mol. The largest absolute Gasteiger partial charge is 0.308 e. The number of amides is 1. The summed E-state index contributed by atoms with van der Waals surface area (Å²) in [6.45, 7) is 14.2. The normalized spacial score (nSPS) is 23.3. The summed E-state index contributed by atoms with van der Waals surface area (Å²) in [4.78, 5) is 15.1. The number of hydrogen-bond acceptors (Lipinski definition) is 3. The molecule has 1 unspecified atom stereocenters. The highest BCUT2D eigenvalue weighted by Gasteiger charge is 2.45. The van der Waals surface area contributed by atoms with Gasteiger partial charge in [-0.3, -0.25) is 14.4 Å². The first-order chi connectivity index (χ1) is 10.4. The quantitative estimate of drug-likeness (QED) is 0.895. The van der Waals surface area contributed by atoms with Crippen molar-refractivity contribution < 1.29 is 4.79 Å². The van der Waals surface area contributed by atoms with E-state index in [1.165, 1.54) is 0 Å². The van der Waals surface area contributed by atoms with Crippen LogP contribution in [0.5, 0.6) is 0 Å². The van der Waals surface area contributed by atoms with Crippen LogP contribution in [0.15, 0.2) is 6.07 Å². The number of hydrogen-bond donors (Lipinski definition) is 1. The predicted molar refractivity (Wildman–Crippen MR) is 94.7 cm³/mol. The van der Waals surface area contributed by atoms with Gasteiger partial charge < -0.3 is 5.32 Å². The van der Waals surface area contributed by atoms with Gasteiger partial charge in [0, 0.05) is 25.2 Å². The summed E-state index contributed by atoms with van der Waals surface area (Å²) in [7, 11) is 1.75. The zero-order valence-corrected chi connectivity index (χ0v) is 16.0. The van der Waals surface area contributed by atoms with E-state index >= 15 is 0 Å². The molecule has 2 heterocycles. The number of carbonyl (C=O) groups is 1. The number of rotatable bonds is 2. The Bertz CT molecular complexity index is 563. The van der Waals surface area contributed by atoms with Gasteiger partial charge in [-0.15, -0.1) is 0 Å². The van der Waals surface area contributed by atoms with Crippen LogP contribution in [-0.2, 0) is 11.8 Å². The highest BCUT2D eigenvalue weighted by Crippen LogP contribution is 2.40. The molecule has 5 nitrogen and oxygen atoms in total. The number of aryl methyl sites for hydroxylation is 1. The van der Waals surface area contributed by atoms with Gasteiger partial charge in [0.2, 0.25) is 5.91 Å². The van der Waals surface area contributed by atoms with E-state index in [9.17, 15) is 4.79 Å². The van der Waals surface area contributed by atoms with E-state index in [2.05, 4.69) is 56.9 Å². The van der Waals surface area contributed by atoms with Gasteiger partial charge in [-0.2, -0.15) is 5.10 Å². The molecule has 1 aliphatic rings. The summed E-state index contributed by atoms with van der Waals surface area (Å²) in [5, 5.41) is 7.64. The first-order valence-corrected chi connectivity index (χ1v) is 8.54. The molecule has 1 N–H and O–H groups in total. The van der Waals surface area contributed by atoms with Crippen LogP contribution in [0.25, 0.3) is 0 Å². The smallest absolute Gasteiger partial charge is 0.242 e. The molecule has 2 rings (SSSR count). The van der Waals surface area contributed by atoms with E-state index in [4.69, 9.17) is 11.6 Å². The lowest BCUT2D eigenvalue weighted by Gasteiger charge is -2.36. The Morgan fingerprint density at radius 3 is 2.35 bits per heavy atom. The molecule has 0 aromatic carbocycles. The van der Waals surface area contributed by atoms with Crippen molar-refractivity contribution in [3.8, 4) is 0 Å². The highest BCUT2D eigenvalue weighted by molar-refractivity contribution is 6.29. The van der Waals surface area contributed by atoms with Crippen LogP contribution in [0.4, 0.5) is 5.82 Å². The molecule has 6 heteroatoms. The molecule has 1 aromatic heterocycles. The highest BCUT2D eigenvalue weighted by atomic mass is 35.5. The molecule has 23 heavy (non-hydrogen) atoms. The number of halogens is 1. The number of nitrogens with one attached hydrogen (secondary N) is 1. The molecule has 0 saturated carbocycles. The van der Waals surface area contributed by atoms with Crippen molar-refractivity contribution in [2.75, 3.05) is 11.9 Å². The Balaban J connectivity index is 2.18. The zero-order valence-electron chi connectivity index (χ0n) is 15.3. The number of nitrogens with zero attached hydrogens (tertiary/aromatic N) is 3. The molecule has 2 atom stereocenters. The van der Waals surface area contributed by atoms with Gasteiger partial charge in [0.1, 0.15) is 5.15 Å². The Hall–Kier alpha value is -1.07.